The van der Waals surface area contributed by atoms with Crippen LogP contribution in [-0.2, 0) is 0 Å². The maximum atomic E-state index is 8.91. The van der Waals surface area contributed by atoms with Crippen LogP contribution in [0.25, 0.3) is 0 Å². The lowest BCUT2D eigenvalue weighted by molar-refractivity contribution is 0.483. The minimum absolute atomic E-state index is 0.344. The molecule has 19 heavy (non-hydrogen) atoms. The lowest BCUT2D eigenvalue weighted by atomic mass is 10.2. The molecule has 0 fully saturated rings. The number of benzene rings is 2. The Hall–Kier alpha value is -1.41. The van der Waals surface area contributed by atoms with Gasteiger partial charge in [-0.2, -0.15) is 5.26 Å². The van der Waals surface area contributed by atoms with Crippen LogP contribution in [0.2, 0.25) is 10.0 Å². The molecular weight excluding hydrogens is 351 g/mol. The Bertz CT molecular complexity index is 683. The van der Waals surface area contributed by atoms with E-state index in [4.69, 9.17) is 38.9 Å². The molecule has 0 spiro atoms. The van der Waals surface area contributed by atoms with E-state index in [1.54, 1.807) is 30.3 Å². The number of hydrogen-bond donors (Lipinski definition) is 1. The summed E-state index contributed by atoms with van der Waals surface area (Å²) in [5, 5.41) is 9.80. The second-order valence-electron chi connectivity index (χ2n) is 3.66. The highest BCUT2D eigenvalue weighted by Gasteiger charge is 2.09. The molecule has 6 heteroatoms. The van der Waals surface area contributed by atoms with Crippen molar-refractivity contribution >= 4 is 44.8 Å². The SMILES string of the molecule is N#Cc1cc(Oc2cc(Cl)c(Br)cc2Cl)ccc1N. The summed E-state index contributed by atoms with van der Waals surface area (Å²) in [6.45, 7) is 0. The molecule has 2 aromatic carbocycles. The van der Waals surface area contributed by atoms with Gasteiger partial charge in [-0.25, -0.2) is 0 Å². The topological polar surface area (TPSA) is 59.0 Å². The Morgan fingerprint density at radius 2 is 1.89 bits per heavy atom. The van der Waals surface area contributed by atoms with Crippen LogP contribution in [0.3, 0.4) is 0 Å². The molecule has 0 aliphatic heterocycles. The Morgan fingerprint density at radius 1 is 1.16 bits per heavy atom. The van der Waals surface area contributed by atoms with Gasteiger partial charge in [0.25, 0.3) is 0 Å². The van der Waals surface area contributed by atoms with Crippen LogP contribution in [0.4, 0.5) is 5.69 Å². The molecule has 2 rings (SSSR count). The molecule has 3 nitrogen and oxygen atoms in total. The summed E-state index contributed by atoms with van der Waals surface area (Å²) < 4.78 is 6.28. The first kappa shape index (κ1) is 14.0. The maximum absolute atomic E-state index is 8.91. The summed E-state index contributed by atoms with van der Waals surface area (Å²) >= 11 is 15.3. The van der Waals surface area contributed by atoms with E-state index in [-0.39, 0.29) is 0 Å². The molecule has 2 aromatic rings. The van der Waals surface area contributed by atoms with Crippen LogP contribution in [0, 0.1) is 11.3 Å². The van der Waals surface area contributed by atoms with Crippen LogP contribution in [0.1, 0.15) is 5.56 Å². The van der Waals surface area contributed by atoms with Gasteiger partial charge < -0.3 is 10.5 Å². The quantitative estimate of drug-likeness (QED) is 0.607. The number of hydrogen-bond acceptors (Lipinski definition) is 3. The summed E-state index contributed by atoms with van der Waals surface area (Å²) in [4.78, 5) is 0. The van der Waals surface area contributed by atoms with Crippen molar-refractivity contribution in [3.05, 3.63) is 50.4 Å². The van der Waals surface area contributed by atoms with Gasteiger partial charge in [0.15, 0.2) is 0 Å². The molecule has 0 saturated heterocycles. The zero-order valence-corrected chi connectivity index (χ0v) is 12.6. The van der Waals surface area contributed by atoms with E-state index in [2.05, 4.69) is 15.9 Å². The van der Waals surface area contributed by atoms with Crippen molar-refractivity contribution in [2.45, 2.75) is 0 Å². The first-order valence-electron chi connectivity index (χ1n) is 5.13. The molecule has 0 aromatic heterocycles. The highest BCUT2D eigenvalue weighted by Crippen LogP contribution is 2.36. The van der Waals surface area contributed by atoms with Crippen molar-refractivity contribution in [3.8, 4) is 17.6 Å². The average molecular weight is 358 g/mol. The van der Waals surface area contributed by atoms with Crippen molar-refractivity contribution < 1.29 is 4.74 Å². The fourth-order valence-electron chi connectivity index (χ4n) is 1.41. The molecule has 0 aliphatic rings. The average Bonchev–Trinajstić information content (AvgIpc) is 2.38. The van der Waals surface area contributed by atoms with Crippen molar-refractivity contribution in [3.63, 3.8) is 0 Å². The largest absolute Gasteiger partial charge is 0.456 e. The highest BCUT2D eigenvalue weighted by molar-refractivity contribution is 9.10. The van der Waals surface area contributed by atoms with E-state index >= 15 is 0 Å². The first-order chi connectivity index (χ1) is 9.01. The molecule has 0 amide bonds. The first-order valence-corrected chi connectivity index (χ1v) is 6.68. The number of nitrogens with zero attached hydrogens (tertiary/aromatic N) is 1. The van der Waals surface area contributed by atoms with E-state index in [1.165, 1.54) is 0 Å². The molecule has 0 aliphatic carbocycles. The number of rotatable bonds is 2. The predicted molar refractivity (Wildman–Crippen MR) is 79.8 cm³/mol. The number of ether oxygens (including phenoxy) is 1. The summed E-state index contributed by atoms with van der Waals surface area (Å²) in [5.41, 5.74) is 6.38. The van der Waals surface area contributed by atoms with Crippen molar-refractivity contribution in [1.82, 2.24) is 0 Å². The van der Waals surface area contributed by atoms with E-state index in [9.17, 15) is 0 Å². The van der Waals surface area contributed by atoms with Gasteiger partial charge in [0, 0.05) is 22.3 Å². The van der Waals surface area contributed by atoms with Gasteiger partial charge in [-0.1, -0.05) is 23.2 Å². The third-order valence-corrected chi connectivity index (χ3v) is 3.84. The van der Waals surface area contributed by atoms with Gasteiger partial charge in [-0.3, -0.25) is 0 Å². The Morgan fingerprint density at radius 3 is 2.58 bits per heavy atom. The minimum atomic E-state index is 0.344. The van der Waals surface area contributed by atoms with Gasteiger partial charge >= 0.3 is 0 Å². The van der Waals surface area contributed by atoms with Crippen molar-refractivity contribution in [2.75, 3.05) is 5.73 Å². The third-order valence-electron chi connectivity index (χ3n) is 2.35. The van der Waals surface area contributed by atoms with Crippen molar-refractivity contribution in [2.24, 2.45) is 0 Å². The lowest BCUT2D eigenvalue weighted by Crippen LogP contribution is -1.92. The Labute approximate surface area is 128 Å². The van der Waals surface area contributed by atoms with Gasteiger partial charge in [-0.05, 0) is 34.1 Å². The molecule has 0 bridgehead atoms. The number of nitrogens with two attached hydrogens (primary N) is 1. The predicted octanol–water partition coefficient (Wildman–Crippen LogP) is 5.00. The van der Waals surface area contributed by atoms with Crippen LogP contribution >= 0.6 is 39.1 Å². The standard InChI is InChI=1S/C13H7BrCl2N2O/c14-9-4-11(16)13(5-10(9)15)19-8-1-2-12(18)7(3-8)6-17/h1-5H,18H2. The van der Waals surface area contributed by atoms with Gasteiger partial charge in [0.1, 0.15) is 17.6 Å². The lowest BCUT2D eigenvalue weighted by Gasteiger charge is -2.09. The number of nitriles is 1. The fraction of sp³-hybridized carbons (Fsp3) is 0. The molecule has 0 atom stereocenters. The van der Waals surface area contributed by atoms with Gasteiger partial charge in [-0.15, -0.1) is 0 Å². The molecule has 0 heterocycles. The molecular formula is C13H7BrCl2N2O. The van der Waals surface area contributed by atoms with Gasteiger partial charge in [0.2, 0.25) is 0 Å². The van der Waals surface area contributed by atoms with Crippen LogP contribution < -0.4 is 10.5 Å². The summed E-state index contributed by atoms with van der Waals surface area (Å²) in [6.07, 6.45) is 0. The zero-order chi connectivity index (χ0) is 14.0. The number of nitrogen functional groups attached to an aromatic ring is 1. The molecule has 0 saturated carbocycles. The second kappa shape index (κ2) is 5.70. The smallest absolute Gasteiger partial charge is 0.147 e. The minimum Gasteiger partial charge on any atom is -0.456 e. The maximum Gasteiger partial charge on any atom is 0.147 e. The van der Waals surface area contributed by atoms with E-state index in [0.717, 1.165) is 0 Å². The summed E-state index contributed by atoms with van der Waals surface area (Å²) in [6, 6.07) is 10.0. The van der Waals surface area contributed by atoms with Crippen molar-refractivity contribution in [1.29, 1.82) is 5.26 Å². The van der Waals surface area contributed by atoms with Crippen LogP contribution in [0.5, 0.6) is 11.5 Å². The molecule has 0 radical (unpaired) electrons. The Kier molecular flexibility index (Phi) is 4.20. The zero-order valence-electron chi connectivity index (χ0n) is 9.45. The van der Waals surface area contributed by atoms with Gasteiger partial charge in [0.05, 0.1) is 15.6 Å². The summed E-state index contributed by atoms with van der Waals surface area (Å²) in [7, 11) is 0. The fourth-order valence-corrected chi connectivity index (χ4v) is 2.24. The molecule has 96 valence electrons. The second-order valence-corrected chi connectivity index (χ2v) is 5.33. The van der Waals surface area contributed by atoms with E-state index in [1.807, 2.05) is 6.07 Å². The number of anilines is 1. The number of halogens is 3. The monoisotopic (exact) mass is 356 g/mol. The third kappa shape index (κ3) is 3.13. The van der Waals surface area contributed by atoms with E-state index in [0.29, 0.717) is 37.3 Å². The Balaban J connectivity index is 2.37. The summed E-state index contributed by atoms with van der Waals surface area (Å²) in [5.74, 6) is 0.870. The normalized spacial score (nSPS) is 10.0. The van der Waals surface area contributed by atoms with E-state index < -0.39 is 0 Å². The highest BCUT2D eigenvalue weighted by atomic mass is 79.9. The molecule has 0 unspecified atom stereocenters. The molecule has 2 N–H and O–H groups in total. The van der Waals surface area contributed by atoms with Crippen LogP contribution in [-0.4, -0.2) is 0 Å². The van der Waals surface area contributed by atoms with Crippen LogP contribution in [0.15, 0.2) is 34.8 Å².